The van der Waals surface area contributed by atoms with Crippen LogP contribution >= 0.6 is 23.1 Å². The van der Waals surface area contributed by atoms with Crippen LogP contribution in [-0.2, 0) is 31.3 Å². The normalized spacial score (nSPS) is 15.3. The Kier molecular flexibility index (Phi) is 8.00. The maximum absolute atomic E-state index is 13.0. The maximum atomic E-state index is 13.0. The van der Waals surface area contributed by atoms with Gasteiger partial charge in [0.2, 0.25) is 5.91 Å². The number of aromatic nitrogens is 3. The number of anilines is 1. The third kappa shape index (κ3) is 5.73. The summed E-state index contributed by atoms with van der Waals surface area (Å²) in [4.78, 5) is 14.0. The number of carbonyl (C=O) groups excluding carboxylic acids is 1. The number of nitriles is 1. The highest BCUT2D eigenvalue weighted by molar-refractivity contribution is 7.99. The highest BCUT2D eigenvalue weighted by Crippen LogP contribution is 2.45. The summed E-state index contributed by atoms with van der Waals surface area (Å²) in [6, 6.07) is 8.08. The Labute approximate surface area is 219 Å². The fourth-order valence-electron chi connectivity index (χ4n) is 4.32. The van der Waals surface area contributed by atoms with Crippen molar-refractivity contribution in [3.63, 3.8) is 0 Å². The first kappa shape index (κ1) is 26.2. The molecule has 2 heterocycles. The Balaban J connectivity index is 1.35. The minimum atomic E-state index is -0.327. The van der Waals surface area contributed by atoms with Crippen molar-refractivity contribution in [2.75, 3.05) is 11.1 Å². The van der Waals surface area contributed by atoms with E-state index in [1.54, 1.807) is 35.1 Å². The van der Waals surface area contributed by atoms with E-state index in [1.807, 2.05) is 0 Å². The number of amides is 1. The van der Waals surface area contributed by atoms with Crippen LogP contribution in [0.4, 0.5) is 9.39 Å². The molecule has 1 atom stereocenters. The number of ether oxygens (including phenoxy) is 1. The van der Waals surface area contributed by atoms with Gasteiger partial charge in [-0.3, -0.25) is 4.79 Å². The Morgan fingerprint density at radius 3 is 2.81 bits per heavy atom. The molecule has 0 fully saturated rings. The summed E-state index contributed by atoms with van der Waals surface area (Å²) in [5.41, 5.74) is 1.97. The van der Waals surface area contributed by atoms with Gasteiger partial charge in [0.15, 0.2) is 11.0 Å². The van der Waals surface area contributed by atoms with Crippen LogP contribution in [0.25, 0.3) is 0 Å². The topological polar surface area (TPSA) is 92.8 Å². The summed E-state index contributed by atoms with van der Waals surface area (Å²) in [7, 11) is 1.80. The molecular weight excluding hydrogens is 497 g/mol. The number of carbonyl (C=O) groups is 1. The van der Waals surface area contributed by atoms with Crippen LogP contribution in [0.1, 0.15) is 55.4 Å². The highest BCUT2D eigenvalue weighted by Gasteiger charge is 2.34. The van der Waals surface area contributed by atoms with Crippen molar-refractivity contribution in [2.24, 2.45) is 18.4 Å². The van der Waals surface area contributed by atoms with E-state index in [9.17, 15) is 14.4 Å². The van der Waals surface area contributed by atoms with E-state index in [-0.39, 0.29) is 29.5 Å². The van der Waals surface area contributed by atoms with Gasteiger partial charge in [-0.2, -0.15) is 5.26 Å². The first-order valence-corrected chi connectivity index (χ1v) is 13.8. The molecule has 2 aromatic heterocycles. The number of hydrogen-bond donors (Lipinski definition) is 1. The molecule has 1 N–H and O–H groups in total. The fraction of sp³-hybridized carbons (Fsp3) is 0.462. The van der Waals surface area contributed by atoms with Gasteiger partial charge in [-0.15, -0.1) is 21.5 Å². The minimum Gasteiger partial charge on any atom is -0.486 e. The average Bonchev–Trinajstić information content (AvgIpc) is 3.40. The van der Waals surface area contributed by atoms with Crippen LogP contribution in [0.5, 0.6) is 5.75 Å². The molecule has 0 saturated heterocycles. The predicted octanol–water partition coefficient (Wildman–Crippen LogP) is 5.74. The minimum absolute atomic E-state index is 0.143. The number of thioether (sulfide) groups is 1. The number of hydrogen-bond acceptors (Lipinski definition) is 7. The summed E-state index contributed by atoms with van der Waals surface area (Å²) in [6.07, 6.45) is 4.03. The van der Waals surface area contributed by atoms with E-state index in [0.29, 0.717) is 33.2 Å². The van der Waals surface area contributed by atoms with Crippen molar-refractivity contribution in [1.82, 2.24) is 14.8 Å². The second kappa shape index (κ2) is 11.0. The number of thiophene rings is 1. The molecule has 4 rings (SSSR count). The van der Waals surface area contributed by atoms with E-state index in [4.69, 9.17) is 4.74 Å². The van der Waals surface area contributed by atoms with E-state index >= 15 is 0 Å². The van der Waals surface area contributed by atoms with Crippen LogP contribution in [0.15, 0.2) is 29.4 Å². The summed E-state index contributed by atoms with van der Waals surface area (Å²) >= 11 is 2.81. The molecular formula is C26H30FN5O2S2. The van der Waals surface area contributed by atoms with Crippen molar-refractivity contribution in [3.8, 4) is 11.8 Å². The summed E-state index contributed by atoms with van der Waals surface area (Å²) in [5.74, 6) is 1.33. The molecule has 0 spiro atoms. The summed E-state index contributed by atoms with van der Waals surface area (Å²) in [6.45, 7) is 7.03. The van der Waals surface area contributed by atoms with Gasteiger partial charge in [-0.05, 0) is 60.4 Å². The van der Waals surface area contributed by atoms with Gasteiger partial charge in [-0.25, -0.2) is 4.39 Å². The number of fused-ring (bicyclic) bond motifs is 1. The quantitative estimate of drug-likeness (QED) is 0.357. The van der Waals surface area contributed by atoms with Crippen molar-refractivity contribution < 1.29 is 13.9 Å². The number of rotatable bonds is 9. The number of nitrogens with zero attached hydrogens (tertiary/aromatic N) is 4. The van der Waals surface area contributed by atoms with Crippen LogP contribution in [-0.4, -0.2) is 26.4 Å². The Hall–Kier alpha value is -2.90. The van der Waals surface area contributed by atoms with Gasteiger partial charge in [0.1, 0.15) is 29.2 Å². The molecule has 1 aliphatic rings. The smallest absolute Gasteiger partial charge is 0.235 e. The number of nitrogens with one attached hydrogen (secondary N) is 1. The van der Waals surface area contributed by atoms with E-state index in [1.165, 1.54) is 28.8 Å². The standard InChI is InChI=1S/C26H30FN5O2S2/c1-5-26(2,3)16-6-11-19-20(13-28)24(36-21(19)12-16)29-23(33)15-35-25-31-30-22(32(25)4)14-34-18-9-7-17(27)8-10-18/h7-10,16H,5-6,11-12,14-15H2,1-4H3,(H,29,33). The van der Waals surface area contributed by atoms with Crippen LogP contribution in [0.3, 0.4) is 0 Å². The van der Waals surface area contributed by atoms with E-state index in [0.717, 1.165) is 31.2 Å². The molecule has 3 aromatic rings. The molecule has 1 unspecified atom stereocenters. The fourth-order valence-corrected chi connectivity index (χ4v) is 6.34. The van der Waals surface area contributed by atoms with Crippen molar-refractivity contribution in [3.05, 3.63) is 51.9 Å². The predicted molar refractivity (Wildman–Crippen MR) is 140 cm³/mol. The van der Waals surface area contributed by atoms with Crippen LogP contribution < -0.4 is 10.1 Å². The summed E-state index contributed by atoms with van der Waals surface area (Å²) < 4.78 is 20.5. The van der Waals surface area contributed by atoms with Gasteiger partial charge in [0, 0.05) is 11.9 Å². The first-order valence-electron chi connectivity index (χ1n) is 12.0. The average molecular weight is 528 g/mol. The highest BCUT2D eigenvalue weighted by atomic mass is 32.2. The van der Waals surface area contributed by atoms with E-state index in [2.05, 4.69) is 42.4 Å². The van der Waals surface area contributed by atoms with Gasteiger partial charge in [0.25, 0.3) is 0 Å². The lowest BCUT2D eigenvalue weighted by Gasteiger charge is -2.36. The van der Waals surface area contributed by atoms with Crippen molar-refractivity contribution >= 4 is 34.0 Å². The van der Waals surface area contributed by atoms with Gasteiger partial charge < -0.3 is 14.6 Å². The first-order chi connectivity index (χ1) is 17.2. The molecule has 1 aliphatic carbocycles. The van der Waals surface area contributed by atoms with Crippen LogP contribution in [0, 0.1) is 28.5 Å². The monoisotopic (exact) mass is 527 g/mol. The molecule has 0 bridgehead atoms. The third-order valence-corrected chi connectivity index (χ3v) is 9.28. The van der Waals surface area contributed by atoms with Crippen LogP contribution in [0.2, 0.25) is 0 Å². The Morgan fingerprint density at radius 1 is 1.36 bits per heavy atom. The van der Waals surface area contributed by atoms with E-state index < -0.39 is 0 Å². The SMILES string of the molecule is CCC(C)(C)C1CCc2c(sc(NC(=O)CSc3nnc(COc4ccc(F)cc4)n3C)c2C#N)C1. The second-order valence-corrected chi connectivity index (χ2v) is 11.7. The molecule has 0 radical (unpaired) electrons. The zero-order valence-electron chi connectivity index (χ0n) is 20.9. The third-order valence-electron chi connectivity index (χ3n) is 7.09. The lowest BCUT2D eigenvalue weighted by Crippen LogP contribution is -2.28. The molecule has 190 valence electrons. The molecule has 0 aliphatic heterocycles. The molecule has 10 heteroatoms. The second-order valence-electron chi connectivity index (χ2n) is 9.64. The maximum Gasteiger partial charge on any atom is 0.235 e. The molecule has 1 amide bonds. The molecule has 0 saturated carbocycles. The Morgan fingerprint density at radius 2 is 2.11 bits per heavy atom. The molecule has 36 heavy (non-hydrogen) atoms. The van der Waals surface area contributed by atoms with Gasteiger partial charge in [0.05, 0.1) is 11.3 Å². The number of benzene rings is 1. The van der Waals surface area contributed by atoms with Gasteiger partial charge in [-0.1, -0.05) is 39.0 Å². The summed E-state index contributed by atoms with van der Waals surface area (Å²) in [5, 5.41) is 22.3. The molecule has 1 aromatic carbocycles. The largest absolute Gasteiger partial charge is 0.486 e. The lowest BCUT2D eigenvalue weighted by atomic mass is 9.69. The lowest BCUT2D eigenvalue weighted by molar-refractivity contribution is -0.113. The number of halogens is 1. The van der Waals surface area contributed by atoms with Crippen molar-refractivity contribution in [1.29, 1.82) is 5.26 Å². The van der Waals surface area contributed by atoms with Crippen molar-refractivity contribution in [2.45, 2.75) is 58.2 Å². The Bertz CT molecular complexity index is 1280. The zero-order chi connectivity index (χ0) is 25.9. The van der Waals surface area contributed by atoms with Gasteiger partial charge >= 0.3 is 0 Å². The molecule has 7 nitrogen and oxygen atoms in total. The zero-order valence-corrected chi connectivity index (χ0v) is 22.6.